The summed E-state index contributed by atoms with van der Waals surface area (Å²) in [7, 11) is 1.84. The maximum Gasteiger partial charge on any atom is 0.191 e. The van der Waals surface area contributed by atoms with E-state index in [2.05, 4.69) is 57.8 Å². The topological polar surface area (TPSA) is 48.9 Å². The Morgan fingerprint density at radius 1 is 1.29 bits per heavy atom. The van der Waals surface area contributed by atoms with Crippen molar-refractivity contribution >= 4 is 11.6 Å². The van der Waals surface area contributed by atoms with E-state index in [0.29, 0.717) is 18.2 Å². The van der Waals surface area contributed by atoms with E-state index in [1.54, 1.807) is 0 Å². The lowest BCUT2D eigenvalue weighted by molar-refractivity contribution is 0.0992. The molecule has 5 nitrogen and oxygen atoms in total. The van der Waals surface area contributed by atoms with Crippen molar-refractivity contribution in [2.24, 2.45) is 4.99 Å². The highest BCUT2D eigenvalue weighted by Crippen LogP contribution is 2.34. The van der Waals surface area contributed by atoms with Crippen molar-refractivity contribution in [3.63, 3.8) is 0 Å². The molecular weight excluding hydrogens is 300 g/mol. The maximum absolute atomic E-state index is 5.90. The number of hydrogen-bond donors (Lipinski definition) is 2. The molecule has 2 aliphatic heterocycles. The van der Waals surface area contributed by atoms with Gasteiger partial charge in [-0.2, -0.15) is 0 Å². The first-order chi connectivity index (χ1) is 11.8. The predicted octanol–water partition coefficient (Wildman–Crippen LogP) is 2.39. The number of nitrogens with zero attached hydrogens (tertiary/aromatic N) is 2. The van der Waals surface area contributed by atoms with Crippen LogP contribution < -0.4 is 15.5 Å². The van der Waals surface area contributed by atoms with Crippen molar-refractivity contribution in [2.45, 2.75) is 50.9 Å². The fourth-order valence-electron chi connectivity index (χ4n) is 3.75. The zero-order valence-corrected chi connectivity index (χ0v) is 14.9. The van der Waals surface area contributed by atoms with Gasteiger partial charge in [0.2, 0.25) is 0 Å². The van der Waals surface area contributed by atoms with E-state index in [-0.39, 0.29) is 0 Å². The Morgan fingerprint density at radius 3 is 2.75 bits per heavy atom. The molecule has 0 saturated carbocycles. The minimum atomic E-state index is 0.377. The van der Waals surface area contributed by atoms with Crippen LogP contribution in [0.1, 0.15) is 32.6 Å². The van der Waals surface area contributed by atoms with Gasteiger partial charge in [-0.25, -0.2) is 0 Å². The summed E-state index contributed by atoms with van der Waals surface area (Å²) in [6.45, 7) is 5.20. The molecule has 3 unspecified atom stereocenters. The Kier molecular flexibility index (Phi) is 5.96. The molecule has 0 amide bonds. The quantitative estimate of drug-likeness (QED) is 0.458. The summed E-state index contributed by atoms with van der Waals surface area (Å²) in [4.78, 5) is 6.76. The van der Waals surface area contributed by atoms with Crippen molar-refractivity contribution in [1.29, 1.82) is 0 Å². The normalized spacial score (nSPS) is 25.8. The number of benzene rings is 1. The number of aliphatic imine (C=N–C) groups is 1. The molecule has 1 aromatic rings. The van der Waals surface area contributed by atoms with Crippen LogP contribution in [0.5, 0.6) is 0 Å². The number of anilines is 1. The lowest BCUT2D eigenvalue weighted by atomic mass is 9.96. The first-order valence-corrected chi connectivity index (χ1v) is 9.22. The van der Waals surface area contributed by atoms with E-state index in [4.69, 9.17) is 4.74 Å². The van der Waals surface area contributed by atoms with Gasteiger partial charge >= 0.3 is 0 Å². The first-order valence-electron chi connectivity index (χ1n) is 9.22. The summed E-state index contributed by atoms with van der Waals surface area (Å²) in [5, 5.41) is 6.97. The predicted molar refractivity (Wildman–Crippen MR) is 99.7 cm³/mol. The van der Waals surface area contributed by atoms with Gasteiger partial charge in [0.25, 0.3) is 0 Å². The molecular formula is C19H30N4O. The molecule has 2 aliphatic rings. The van der Waals surface area contributed by atoms with Gasteiger partial charge in [-0.3, -0.25) is 4.99 Å². The number of rotatable bonds is 7. The molecule has 3 atom stereocenters. The number of hydrogen-bond acceptors (Lipinski definition) is 3. The largest absolute Gasteiger partial charge is 0.373 e. The van der Waals surface area contributed by atoms with Crippen LogP contribution in [0, 0.1) is 0 Å². The van der Waals surface area contributed by atoms with Gasteiger partial charge in [0.15, 0.2) is 5.96 Å². The highest BCUT2D eigenvalue weighted by atomic mass is 16.5. The molecule has 2 bridgehead atoms. The number of para-hydroxylation sites is 1. The standard InChI is InChI=1S/C19H30N4O/c1-3-23(15-8-5-4-6-9-15)13-7-12-21-19(20-2)22-17-14-16-10-11-18(17)24-16/h4-6,8-9,16-18H,3,7,10-14H2,1-2H3,(H2,20,21,22). The Bertz CT molecular complexity index is 533. The zero-order chi connectivity index (χ0) is 16.8. The van der Waals surface area contributed by atoms with Crippen molar-refractivity contribution in [3.8, 4) is 0 Å². The lowest BCUT2D eigenvalue weighted by Crippen LogP contribution is -2.47. The Morgan fingerprint density at radius 2 is 2.12 bits per heavy atom. The second-order valence-corrected chi connectivity index (χ2v) is 6.63. The average Bonchev–Trinajstić information content (AvgIpc) is 3.24. The average molecular weight is 330 g/mol. The number of nitrogens with one attached hydrogen (secondary N) is 2. The molecule has 0 aliphatic carbocycles. The van der Waals surface area contributed by atoms with Crippen molar-refractivity contribution in [2.75, 3.05) is 31.6 Å². The van der Waals surface area contributed by atoms with E-state index >= 15 is 0 Å². The van der Waals surface area contributed by atoms with Crippen LogP contribution in [-0.2, 0) is 4.74 Å². The fraction of sp³-hybridized carbons (Fsp3) is 0.632. The minimum absolute atomic E-state index is 0.377. The van der Waals surface area contributed by atoms with Crippen LogP contribution in [0.4, 0.5) is 5.69 Å². The molecule has 1 aromatic carbocycles. The minimum Gasteiger partial charge on any atom is -0.373 e. The van der Waals surface area contributed by atoms with E-state index in [1.807, 2.05) is 7.05 Å². The maximum atomic E-state index is 5.90. The number of guanidine groups is 1. The summed E-state index contributed by atoms with van der Waals surface area (Å²) in [6, 6.07) is 11.0. The molecule has 2 saturated heterocycles. The third-order valence-electron chi connectivity index (χ3n) is 5.05. The molecule has 2 heterocycles. The van der Waals surface area contributed by atoms with Gasteiger partial charge in [0.1, 0.15) is 0 Å². The van der Waals surface area contributed by atoms with Gasteiger partial charge in [0.05, 0.1) is 18.2 Å². The molecule has 0 spiro atoms. The zero-order valence-electron chi connectivity index (χ0n) is 14.9. The van der Waals surface area contributed by atoms with Crippen LogP contribution in [0.2, 0.25) is 0 Å². The molecule has 132 valence electrons. The Hall–Kier alpha value is -1.75. The Labute approximate surface area is 145 Å². The molecule has 5 heteroatoms. The second-order valence-electron chi connectivity index (χ2n) is 6.63. The van der Waals surface area contributed by atoms with Crippen LogP contribution in [0.15, 0.2) is 35.3 Å². The van der Waals surface area contributed by atoms with Gasteiger partial charge in [-0.05, 0) is 44.7 Å². The lowest BCUT2D eigenvalue weighted by Gasteiger charge is -2.24. The van der Waals surface area contributed by atoms with E-state index in [0.717, 1.165) is 38.4 Å². The third kappa shape index (κ3) is 4.20. The van der Waals surface area contributed by atoms with Gasteiger partial charge in [-0.15, -0.1) is 0 Å². The SMILES string of the molecule is CCN(CCCNC(=NC)NC1CC2CCC1O2)c1ccccc1. The van der Waals surface area contributed by atoms with Crippen molar-refractivity contribution < 1.29 is 4.74 Å². The van der Waals surface area contributed by atoms with E-state index < -0.39 is 0 Å². The highest BCUT2D eigenvalue weighted by Gasteiger charge is 2.41. The summed E-state index contributed by atoms with van der Waals surface area (Å²) < 4.78 is 5.90. The van der Waals surface area contributed by atoms with Gasteiger partial charge in [-0.1, -0.05) is 18.2 Å². The van der Waals surface area contributed by atoms with Crippen molar-refractivity contribution in [1.82, 2.24) is 10.6 Å². The second kappa shape index (κ2) is 8.38. The van der Waals surface area contributed by atoms with Crippen LogP contribution in [0.3, 0.4) is 0 Å². The molecule has 0 radical (unpaired) electrons. The molecule has 0 aromatic heterocycles. The van der Waals surface area contributed by atoms with Gasteiger partial charge in [0, 0.05) is 32.4 Å². The monoisotopic (exact) mass is 330 g/mol. The summed E-state index contributed by atoms with van der Waals surface area (Å²) in [5.74, 6) is 0.902. The van der Waals surface area contributed by atoms with Crippen LogP contribution in [-0.4, -0.2) is 50.9 Å². The highest BCUT2D eigenvalue weighted by molar-refractivity contribution is 5.80. The molecule has 2 N–H and O–H groups in total. The smallest absolute Gasteiger partial charge is 0.191 e. The molecule has 2 fully saturated rings. The van der Waals surface area contributed by atoms with E-state index in [9.17, 15) is 0 Å². The Balaban J connectivity index is 1.38. The first kappa shape index (κ1) is 17.1. The fourth-order valence-corrected chi connectivity index (χ4v) is 3.75. The summed E-state index contributed by atoms with van der Waals surface area (Å²) in [6.07, 6.45) is 5.44. The third-order valence-corrected chi connectivity index (χ3v) is 5.05. The van der Waals surface area contributed by atoms with Crippen molar-refractivity contribution in [3.05, 3.63) is 30.3 Å². The molecule has 24 heavy (non-hydrogen) atoms. The van der Waals surface area contributed by atoms with Gasteiger partial charge < -0.3 is 20.3 Å². The summed E-state index contributed by atoms with van der Waals surface area (Å²) >= 11 is 0. The molecule has 3 rings (SSSR count). The van der Waals surface area contributed by atoms with E-state index in [1.165, 1.54) is 18.5 Å². The number of ether oxygens (including phenoxy) is 1. The van der Waals surface area contributed by atoms with Crippen LogP contribution >= 0.6 is 0 Å². The van der Waals surface area contributed by atoms with Crippen LogP contribution in [0.25, 0.3) is 0 Å². The number of fused-ring (bicyclic) bond motifs is 2. The summed E-state index contributed by atoms with van der Waals surface area (Å²) in [5.41, 5.74) is 1.29.